The monoisotopic (exact) mass is 398 g/mol. The molecule has 2 amide bonds. The normalized spacial score (nSPS) is 14.6. The first-order chi connectivity index (χ1) is 13.9. The van der Waals surface area contributed by atoms with Crippen molar-refractivity contribution in [1.29, 1.82) is 0 Å². The summed E-state index contributed by atoms with van der Waals surface area (Å²) in [5.74, 6) is 0.832. The van der Waals surface area contributed by atoms with E-state index in [0.717, 1.165) is 5.56 Å². The number of aryl methyl sites for hydroxylation is 2. The van der Waals surface area contributed by atoms with Crippen LogP contribution in [-0.2, 0) is 9.59 Å². The van der Waals surface area contributed by atoms with Crippen LogP contribution in [0.5, 0.6) is 0 Å². The first-order valence-electron chi connectivity index (χ1n) is 9.74. The highest BCUT2D eigenvalue weighted by molar-refractivity contribution is 5.98. The lowest BCUT2D eigenvalue weighted by atomic mass is 10.0. The minimum absolute atomic E-state index is 0.0169. The first-order valence-corrected chi connectivity index (χ1v) is 9.74. The van der Waals surface area contributed by atoms with Gasteiger partial charge in [-0.25, -0.2) is 0 Å². The predicted molar refractivity (Wildman–Crippen MR) is 108 cm³/mol. The fourth-order valence-electron chi connectivity index (χ4n) is 3.23. The minimum Gasteiger partial charge on any atom is -0.360 e. The zero-order valence-electron chi connectivity index (χ0n) is 16.8. The highest BCUT2D eigenvalue weighted by Gasteiger charge is 2.23. The molecule has 0 radical (unpaired) electrons. The Bertz CT molecular complexity index is 867. The highest BCUT2D eigenvalue weighted by Crippen LogP contribution is 2.11. The van der Waals surface area contributed by atoms with E-state index in [1.54, 1.807) is 30.0 Å². The van der Waals surface area contributed by atoms with Gasteiger partial charge in [-0.2, -0.15) is 0 Å². The smallest absolute Gasteiger partial charge is 0.239 e. The summed E-state index contributed by atoms with van der Waals surface area (Å²) in [6.45, 7) is 6.29. The molecule has 29 heavy (non-hydrogen) atoms. The molecular formula is C21H26N4O4. The molecule has 0 unspecified atom stereocenters. The highest BCUT2D eigenvalue weighted by atomic mass is 16.5. The molecule has 0 saturated carbocycles. The molecule has 154 valence electrons. The molecule has 0 aliphatic carbocycles. The average Bonchev–Trinajstić information content (AvgIpc) is 3.11. The van der Waals surface area contributed by atoms with Crippen LogP contribution in [0.2, 0.25) is 0 Å². The van der Waals surface area contributed by atoms with Crippen molar-refractivity contribution < 1.29 is 18.9 Å². The lowest BCUT2D eigenvalue weighted by Gasteiger charge is -2.34. The van der Waals surface area contributed by atoms with Crippen LogP contribution in [0.3, 0.4) is 0 Å². The summed E-state index contributed by atoms with van der Waals surface area (Å²) in [4.78, 5) is 40.5. The van der Waals surface area contributed by atoms with Gasteiger partial charge >= 0.3 is 0 Å². The quantitative estimate of drug-likeness (QED) is 0.717. The van der Waals surface area contributed by atoms with E-state index in [2.05, 4.69) is 10.5 Å². The number of anilines is 1. The largest absolute Gasteiger partial charge is 0.360 e. The standard InChI is InChI=1S/C21H26N4O4/c1-15-3-5-17(6-4-15)18(26)7-8-21(28)25-11-9-24(10-12-25)14-20(27)22-19-13-16(2)29-23-19/h3-6,13H,7-12,14H2,1-2H3,(H,22,23,27). The molecule has 1 aliphatic rings. The summed E-state index contributed by atoms with van der Waals surface area (Å²) in [6, 6.07) is 9.05. The van der Waals surface area contributed by atoms with Crippen LogP contribution in [0.15, 0.2) is 34.9 Å². The van der Waals surface area contributed by atoms with Crippen LogP contribution in [0.4, 0.5) is 5.82 Å². The Morgan fingerprint density at radius 2 is 1.72 bits per heavy atom. The Balaban J connectivity index is 1.38. The van der Waals surface area contributed by atoms with Gasteiger partial charge in [-0.15, -0.1) is 0 Å². The maximum atomic E-state index is 12.4. The number of ketones is 1. The number of carbonyl (C=O) groups is 3. The maximum absolute atomic E-state index is 12.4. The molecule has 0 atom stereocenters. The average molecular weight is 398 g/mol. The molecule has 1 N–H and O–H groups in total. The number of amides is 2. The molecule has 1 fully saturated rings. The number of hydrogen-bond donors (Lipinski definition) is 1. The number of nitrogens with zero attached hydrogens (tertiary/aromatic N) is 3. The summed E-state index contributed by atoms with van der Waals surface area (Å²) in [5, 5.41) is 6.43. The fourth-order valence-corrected chi connectivity index (χ4v) is 3.23. The van der Waals surface area contributed by atoms with E-state index in [1.165, 1.54) is 0 Å². The van der Waals surface area contributed by atoms with Crippen LogP contribution in [0, 0.1) is 13.8 Å². The number of nitrogens with one attached hydrogen (secondary N) is 1. The van der Waals surface area contributed by atoms with Gasteiger partial charge in [-0.05, 0) is 13.8 Å². The number of piperazine rings is 1. The van der Waals surface area contributed by atoms with Gasteiger partial charge in [-0.1, -0.05) is 35.0 Å². The fraction of sp³-hybridized carbons (Fsp3) is 0.429. The maximum Gasteiger partial charge on any atom is 0.239 e. The zero-order chi connectivity index (χ0) is 20.8. The number of benzene rings is 1. The van der Waals surface area contributed by atoms with Gasteiger partial charge in [0.2, 0.25) is 11.8 Å². The van der Waals surface area contributed by atoms with E-state index in [-0.39, 0.29) is 37.0 Å². The van der Waals surface area contributed by atoms with Crippen molar-refractivity contribution in [3.63, 3.8) is 0 Å². The van der Waals surface area contributed by atoms with E-state index >= 15 is 0 Å². The third kappa shape index (κ3) is 5.99. The number of rotatable bonds is 7. The van der Waals surface area contributed by atoms with Crippen LogP contribution < -0.4 is 5.32 Å². The number of carbonyl (C=O) groups excluding carboxylic acids is 3. The summed E-state index contributed by atoms with van der Waals surface area (Å²) in [5.41, 5.74) is 1.74. The second-order valence-corrected chi connectivity index (χ2v) is 7.32. The number of Topliss-reactive ketones (excluding diaryl/α,β-unsaturated/α-hetero) is 1. The molecule has 2 heterocycles. The number of aromatic nitrogens is 1. The number of hydrogen-bond acceptors (Lipinski definition) is 6. The van der Waals surface area contributed by atoms with E-state index in [0.29, 0.717) is 43.3 Å². The Labute approximate surface area is 169 Å². The van der Waals surface area contributed by atoms with Crippen molar-refractivity contribution in [2.45, 2.75) is 26.7 Å². The third-order valence-corrected chi connectivity index (χ3v) is 4.93. The molecule has 1 aliphatic heterocycles. The van der Waals surface area contributed by atoms with Crippen molar-refractivity contribution >= 4 is 23.4 Å². The van der Waals surface area contributed by atoms with Crippen LogP contribution in [0.1, 0.15) is 34.5 Å². The van der Waals surface area contributed by atoms with Gasteiger partial charge in [0.15, 0.2) is 11.6 Å². The second kappa shape index (κ2) is 9.47. The van der Waals surface area contributed by atoms with Gasteiger partial charge < -0.3 is 14.7 Å². The van der Waals surface area contributed by atoms with Gasteiger partial charge in [0.25, 0.3) is 0 Å². The van der Waals surface area contributed by atoms with Crippen molar-refractivity contribution in [3.8, 4) is 0 Å². The van der Waals surface area contributed by atoms with Crippen molar-refractivity contribution in [2.24, 2.45) is 0 Å². The Kier molecular flexibility index (Phi) is 6.77. The van der Waals surface area contributed by atoms with E-state index < -0.39 is 0 Å². The van der Waals surface area contributed by atoms with E-state index in [1.807, 2.05) is 24.0 Å². The Hall–Kier alpha value is -3.00. The molecule has 1 aromatic heterocycles. The predicted octanol–water partition coefficient (Wildman–Crippen LogP) is 2.04. The second-order valence-electron chi connectivity index (χ2n) is 7.32. The molecule has 8 nitrogen and oxygen atoms in total. The third-order valence-electron chi connectivity index (χ3n) is 4.93. The van der Waals surface area contributed by atoms with Crippen LogP contribution >= 0.6 is 0 Å². The van der Waals surface area contributed by atoms with Crippen molar-refractivity contribution in [1.82, 2.24) is 15.0 Å². The molecule has 2 aromatic rings. The zero-order valence-corrected chi connectivity index (χ0v) is 16.8. The van der Waals surface area contributed by atoms with Crippen molar-refractivity contribution in [2.75, 3.05) is 38.0 Å². The molecule has 1 saturated heterocycles. The first kappa shape index (κ1) is 20.7. The lowest BCUT2D eigenvalue weighted by molar-refractivity contribution is -0.133. The molecule has 8 heteroatoms. The SMILES string of the molecule is Cc1ccc(C(=O)CCC(=O)N2CCN(CC(=O)Nc3cc(C)on3)CC2)cc1. The summed E-state index contributed by atoms with van der Waals surface area (Å²) < 4.78 is 4.92. The van der Waals surface area contributed by atoms with Gasteiger partial charge in [0.1, 0.15) is 5.76 Å². The molecule has 0 spiro atoms. The Morgan fingerprint density at radius 3 is 2.34 bits per heavy atom. The van der Waals surface area contributed by atoms with Crippen LogP contribution in [0.25, 0.3) is 0 Å². The van der Waals surface area contributed by atoms with Crippen LogP contribution in [-0.4, -0.2) is 65.3 Å². The summed E-state index contributed by atoms with van der Waals surface area (Å²) in [6.07, 6.45) is 0.417. The van der Waals surface area contributed by atoms with Gasteiger partial charge in [-0.3, -0.25) is 19.3 Å². The molecule has 3 rings (SSSR count). The van der Waals surface area contributed by atoms with Gasteiger partial charge in [0, 0.05) is 50.7 Å². The Morgan fingerprint density at radius 1 is 1.03 bits per heavy atom. The van der Waals surface area contributed by atoms with E-state index in [4.69, 9.17) is 4.52 Å². The minimum atomic E-state index is -0.165. The van der Waals surface area contributed by atoms with Gasteiger partial charge in [0.05, 0.1) is 6.54 Å². The molecule has 1 aromatic carbocycles. The van der Waals surface area contributed by atoms with E-state index in [9.17, 15) is 14.4 Å². The lowest BCUT2D eigenvalue weighted by Crippen LogP contribution is -2.50. The topological polar surface area (TPSA) is 95.8 Å². The summed E-state index contributed by atoms with van der Waals surface area (Å²) in [7, 11) is 0. The molecule has 0 bridgehead atoms. The summed E-state index contributed by atoms with van der Waals surface area (Å²) >= 11 is 0. The van der Waals surface area contributed by atoms with Crippen molar-refractivity contribution in [3.05, 3.63) is 47.2 Å². The molecular weight excluding hydrogens is 372 g/mol.